The molecule has 1 aromatic heterocycles. The summed E-state index contributed by atoms with van der Waals surface area (Å²) in [5.41, 5.74) is 1.97. The Balaban J connectivity index is 1.27. The molecule has 1 aliphatic heterocycles. The smallest absolute Gasteiger partial charge is 0.242 e. The fraction of sp³-hybridized carbons (Fsp3) is 0.185. The third-order valence-corrected chi connectivity index (χ3v) is 5.72. The minimum absolute atomic E-state index is 0.184. The number of carbonyl (C=O) groups excluding carboxylic acids is 1. The maximum absolute atomic E-state index is 13.3. The van der Waals surface area contributed by atoms with Crippen LogP contribution in [0.25, 0.3) is 11.0 Å². The molecule has 0 spiro atoms. The van der Waals surface area contributed by atoms with Gasteiger partial charge in [-0.15, -0.1) is 10.2 Å². The number of fused-ring (bicyclic) bond motifs is 1. The van der Waals surface area contributed by atoms with Gasteiger partial charge >= 0.3 is 0 Å². The minimum Gasteiger partial charge on any atom is -0.494 e. The van der Waals surface area contributed by atoms with Crippen molar-refractivity contribution in [3.63, 3.8) is 0 Å². The minimum atomic E-state index is -0.820. The molecule has 8 nitrogen and oxygen atoms in total. The van der Waals surface area contributed by atoms with E-state index >= 15 is 0 Å². The van der Waals surface area contributed by atoms with Gasteiger partial charge in [0.1, 0.15) is 11.3 Å². The third-order valence-electron chi connectivity index (χ3n) is 5.72. The Hall–Kier alpha value is -4.46. The van der Waals surface area contributed by atoms with Crippen molar-refractivity contribution in [3.05, 3.63) is 112 Å². The van der Waals surface area contributed by atoms with Crippen LogP contribution in [0, 0.1) is 0 Å². The van der Waals surface area contributed by atoms with E-state index in [1.54, 1.807) is 42.5 Å². The molecule has 0 radical (unpaired) electrons. The van der Waals surface area contributed by atoms with Gasteiger partial charge in [-0.2, -0.15) is 0 Å². The normalized spacial score (nSPS) is 12.9. The second-order valence-corrected chi connectivity index (χ2v) is 8.12. The highest BCUT2D eigenvalue weighted by molar-refractivity contribution is 6.15. The quantitative estimate of drug-likeness (QED) is 0.214. The van der Waals surface area contributed by atoms with Crippen molar-refractivity contribution in [1.82, 2.24) is 0 Å². The van der Waals surface area contributed by atoms with Gasteiger partial charge in [-0.3, -0.25) is 9.59 Å². The molecule has 2 heterocycles. The first-order valence-corrected chi connectivity index (χ1v) is 11.4. The largest absolute Gasteiger partial charge is 0.494 e. The van der Waals surface area contributed by atoms with E-state index < -0.39 is 6.17 Å². The molecule has 0 saturated carbocycles. The summed E-state index contributed by atoms with van der Waals surface area (Å²) in [5, 5.41) is 14.8. The van der Waals surface area contributed by atoms with Crippen molar-refractivity contribution in [2.75, 3.05) is 6.61 Å². The van der Waals surface area contributed by atoms with Crippen LogP contribution in [0.15, 0.2) is 109 Å². The lowest BCUT2D eigenvalue weighted by Gasteiger charge is -2.09. The van der Waals surface area contributed by atoms with Crippen molar-refractivity contribution < 1.29 is 13.9 Å². The van der Waals surface area contributed by atoms with E-state index in [4.69, 9.17) is 9.15 Å². The van der Waals surface area contributed by atoms with Gasteiger partial charge in [0.15, 0.2) is 17.0 Å². The zero-order chi connectivity index (χ0) is 24.0. The maximum Gasteiger partial charge on any atom is 0.242 e. The molecule has 174 valence electrons. The number of rotatable bonds is 9. The lowest BCUT2D eigenvalue weighted by molar-refractivity contribution is 0.103. The molecule has 0 saturated heterocycles. The molecule has 0 N–H and O–H groups in total. The zero-order valence-electron chi connectivity index (χ0n) is 18.8. The lowest BCUT2D eigenvalue weighted by Crippen LogP contribution is -2.08. The highest BCUT2D eigenvalue weighted by atomic mass is 16.5. The Morgan fingerprint density at radius 2 is 1.66 bits per heavy atom. The van der Waals surface area contributed by atoms with Crippen LogP contribution in [0.5, 0.6) is 5.75 Å². The summed E-state index contributed by atoms with van der Waals surface area (Å²) in [7, 11) is 0. The fourth-order valence-corrected chi connectivity index (χ4v) is 3.91. The Labute approximate surface area is 201 Å². The second kappa shape index (κ2) is 10.2. The first kappa shape index (κ1) is 22.3. The number of hydrogen-bond donors (Lipinski definition) is 0. The number of aryl methyl sites for hydroxylation is 1. The van der Waals surface area contributed by atoms with Gasteiger partial charge in [0.2, 0.25) is 6.17 Å². The fourth-order valence-electron chi connectivity index (χ4n) is 3.91. The monoisotopic (exact) mass is 466 g/mol. The molecule has 0 amide bonds. The van der Waals surface area contributed by atoms with Gasteiger partial charge in [0.25, 0.3) is 0 Å². The SMILES string of the molecule is O=C(c1ccc(OCCCCc2ccccc2)cc1)c1cccc2c(=O)cc(C3N=NN=N3)oc12. The summed E-state index contributed by atoms with van der Waals surface area (Å²) in [5.74, 6) is 0.619. The summed E-state index contributed by atoms with van der Waals surface area (Å²) in [4.78, 5) is 25.9. The number of nitrogens with zero attached hydrogens (tertiary/aromatic N) is 4. The Morgan fingerprint density at radius 3 is 2.43 bits per heavy atom. The average molecular weight is 466 g/mol. The number of benzene rings is 3. The second-order valence-electron chi connectivity index (χ2n) is 8.12. The van der Waals surface area contributed by atoms with Gasteiger partial charge in [-0.1, -0.05) is 36.4 Å². The lowest BCUT2D eigenvalue weighted by atomic mass is 10.0. The highest BCUT2D eigenvalue weighted by Crippen LogP contribution is 2.28. The van der Waals surface area contributed by atoms with Crippen LogP contribution in [0.3, 0.4) is 0 Å². The Kier molecular flexibility index (Phi) is 6.52. The number of para-hydroxylation sites is 1. The van der Waals surface area contributed by atoms with Crippen LogP contribution in [0.2, 0.25) is 0 Å². The molecule has 0 fully saturated rings. The molecule has 0 bridgehead atoms. The molecular formula is C27H22N4O4. The van der Waals surface area contributed by atoms with Crippen LogP contribution in [0.4, 0.5) is 0 Å². The molecular weight excluding hydrogens is 444 g/mol. The number of carbonyl (C=O) groups is 1. The predicted molar refractivity (Wildman–Crippen MR) is 130 cm³/mol. The van der Waals surface area contributed by atoms with E-state index in [9.17, 15) is 9.59 Å². The van der Waals surface area contributed by atoms with E-state index in [1.807, 2.05) is 18.2 Å². The molecule has 4 aromatic rings. The molecule has 5 rings (SSSR count). The Bertz CT molecular complexity index is 1450. The van der Waals surface area contributed by atoms with Crippen LogP contribution in [-0.4, -0.2) is 12.4 Å². The summed E-state index contributed by atoms with van der Waals surface area (Å²) < 4.78 is 11.7. The summed E-state index contributed by atoms with van der Waals surface area (Å²) in [6, 6.07) is 23.6. The average Bonchev–Trinajstić information content (AvgIpc) is 3.44. The van der Waals surface area contributed by atoms with Gasteiger partial charge in [-0.05, 0) is 71.7 Å². The van der Waals surface area contributed by atoms with E-state index in [0.717, 1.165) is 19.3 Å². The predicted octanol–water partition coefficient (Wildman–Crippen LogP) is 6.26. The molecule has 8 heteroatoms. The van der Waals surface area contributed by atoms with Crippen LogP contribution in [0.1, 0.15) is 46.3 Å². The molecule has 0 unspecified atom stereocenters. The number of unbranched alkanes of at least 4 members (excludes halogenated alkanes) is 1. The van der Waals surface area contributed by atoms with Crippen LogP contribution < -0.4 is 10.2 Å². The van der Waals surface area contributed by atoms with Crippen molar-refractivity contribution in [3.8, 4) is 5.75 Å². The van der Waals surface area contributed by atoms with Crippen molar-refractivity contribution in [1.29, 1.82) is 0 Å². The molecule has 1 aliphatic rings. The first-order valence-electron chi connectivity index (χ1n) is 11.4. The van der Waals surface area contributed by atoms with Crippen molar-refractivity contribution in [2.24, 2.45) is 20.7 Å². The molecule has 35 heavy (non-hydrogen) atoms. The van der Waals surface area contributed by atoms with Gasteiger partial charge < -0.3 is 9.15 Å². The standard InChI is InChI=1S/C27H22N4O4/c32-23-17-24(27-28-30-31-29-27)35-26-21(23)10-6-11-22(26)25(33)19-12-14-20(15-13-19)34-16-5-4-9-18-7-2-1-3-8-18/h1-3,6-8,10-15,17,27H,4-5,9,16H2. The van der Waals surface area contributed by atoms with Crippen molar-refractivity contribution >= 4 is 16.8 Å². The first-order chi connectivity index (χ1) is 17.2. The number of ketones is 1. The summed E-state index contributed by atoms with van der Waals surface area (Å²) in [6.45, 7) is 0.604. The zero-order valence-corrected chi connectivity index (χ0v) is 18.8. The molecule has 0 atom stereocenters. The van der Waals surface area contributed by atoms with E-state index in [0.29, 0.717) is 23.3 Å². The molecule has 0 aliphatic carbocycles. The maximum atomic E-state index is 13.3. The summed E-state index contributed by atoms with van der Waals surface area (Å²) >= 11 is 0. The third kappa shape index (κ3) is 5.06. The van der Waals surface area contributed by atoms with Gasteiger partial charge in [0, 0.05) is 11.6 Å². The van der Waals surface area contributed by atoms with E-state index in [-0.39, 0.29) is 28.1 Å². The topological polar surface area (TPSA) is 106 Å². The van der Waals surface area contributed by atoms with Gasteiger partial charge in [-0.25, -0.2) is 0 Å². The van der Waals surface area contributed by atoms with Crippen molar-refractivity contribution in [2.45, 2.75) is 25.4 Å². The van der Waals surface area contributed by atoms with Crippen LogP contribution in [-0.2, 0) is 6.42 Å². The summed E-state index contributed by atoms with van der Waals surface area (Å²) in [6.07, 6.45) is 2.18. The Morgan fingerprint density at radius 1 is 0.886 bits per heavy atom. The van der Waals surface area contributed by atoms with E-state index in [1.165, 1.54) is 11.6 Å². The van der Waals surface area contributed by atoms with Crippen LogP contribution >= 0.6 is 0 Å². The highest BCUT2D eigenvalue weighted by Gasteiger charge is 2.21. The number of ether oxygens (including phenoxy) is 1. The molecule has 3 aromatic carbocycles. The number of hydrogen-bond acceptors (Lipinski definition) is 8. The van der Waals surface area contributed by atoms with E-state index in [2.05, 4.69) is 32.8 Å². The van der Waals surface area contributed by atoms with Gasteiger partial charge in [0.05, 0.1) is 17.6 Å².